The maximum Gasteiger partial charge on any atom is 0.0783 e. The van der Waals surface area contributed by atoms with Gasteiger partial charge in [0.25, 0.3) is 0 Å². The smallest absolute Gasteiger partial charge is 0.0783 e. The Morgan fingerprint density at radius 2 is 2.67 bits per heavy atom. The van der Waals surface area contributed by atoms with Gasteiger partial charge in [-0.05, 0) is 6.08 Å². The van der Waals surface area contributed by atoms with Crippen LogP contribution in [0.25, 0.3) is 0 Å². The third-order valence-electron chi connectivity index (χ3n) is 0.663. The van der Waals surface area contributed by atoms with Gasteiger partial charge in [-0.1, -0.05) is 15.9 Å². The standard InChI is InChI=1S/C4H5BrO/c5-4-1-2-6-3-4/h1H,2-3H2. The molecule has 0 fully saturated rings. The molecule has 0 bridgehead atoms. The maximum atomic E-state index is 4.92. The van der Waals surface area contributed by atoms with Gasteiger partial charge in [0.05, 0.1) is 13.2 Å². The summed E-state index contributed by atoms with van der Waals surface area (Å²) in [6.07, 6.45) is 2.01. The van der Waals surface area contributed by atoms with Crippen molar-refractivity contribution < 1.29 is 4.74 Å². The maximum absolute atomic E-state index is 4.92. The summed E-state index contributed by atoms with van der Waals surface area (Å²) in [7, 11) is 0. The fourth-order valence-corrected chi connectivity index (χ4v) is 0.659. The van der Waals surface area contributed by atoms with E-state index in [-0.39, 0.29) is 0 Å². The van der Waals surface area contributed by atoms with Crippen molar-refractivity contribution in [3.63, 3.8) is 0 Å². The lowest BCUT2D eigenvalue weighted by atomic mass is 10.6. The molecule has 0 spiro atoms. The molecule has 0 amide bonds. The highest BCUT2D eigenvalue weighted by Crippen LogP contribution is 2.09. The zero-order valence-electron chi connectivity index (χ0n) is 3.28. The lowest BCUT2D eigenvalue weighted by molar-refractivity contribution is 0.212. The summed E-state index contributed by atoms with van der Waals surface area (Å²) < 4.78 is 6.09. The monoisotopic (exact) mass is 148 g/mol. The molecule has 0 aromatic carbocycles. The van der Waals surface area contributed by atoms with E-state index >= 15 is 0 Å². The van der Waals surface area contributed by atoms with Gasteiger partial charge in [0.2, 0.25) is 0 Å². The average Bonchev–Trinajstić information content (AvgIpc) is 1.86. The largest absolute Gasteiger partial charge is 0.372 e. The first-order valence-electron chi connectivity index (χ1n) is 1.82. The molecule has 34 valence electrons. The van der Waals surface area contributed by atoms with Crippen LogP contribution in [0.15, 0.2) is 10.6 Å². The van der Waals surface area contributed by atoms with Gasteiger partial charge in [0, 0.05) is 4.48 Å². The SMILES string of the molecule is BrC1=CCOC1. The van der Waals surface area contributed by atoms with E-state index in [0.29, 0.717) is 0 Å². The molecule has 1 heterocycles. The number of hydrogen-bond donors (Lipinski definition) is 0. The van der Waals surface area contributed by atoms with Gasteiger partial charge in [-0.25, -0.2) is 0 Å². The molecule has 0 unspecified atom stereocenters. The number of hydrogen-bond acceptors (Lipinski definition) is 1. The Hall–Kier alpha value is 0.180. The second-order valence-electron chi connectivity index (χ2n) is 1.17. The van der Waals surface area contributed by atoms with E-state index in [1.165, 1.54) is 4.48 Å². The Balaban J connectivity index is 2.45. The van der Waals surface area contributed by atoms with Crippen LogP contribution in [-0.4, -0.2) is 13.2 Å². The minimum Gasteiger partial charge on any atom is -0.372 e. The number of halogens is 1. The zero-order valence-corrected chi connectivity index (χ0v) is 4.86. The van der Waals surface area contributed by atoms with E-state index < -0.39 is 0 Å². The number of rotatable bonds is 0. The van der Waals surface area contributed by atoms with Gasteiger partial charge >= 0.3 is 0 Å². The third-order valence-corrected chi connectivity index (χ3v) is 1.22. The summed E-state index contributed by atoms with van der Waals surface area (Å²) >= 11 is 3.27. The first-order valence-corrected chi connectivity index (χ1v) is 2.61. The van der Waals surface area contributed by atoms with Crippen molar-refractivity contribution in [2.45, 2.75) is 0 Å². The molecule has 6 heavy (non-hydrogen) atoms. The van der Waals surface area contributed by atoms with Crippen molar-refractivity contribution >= 4 is 15.9 Å². The Kier molecular flexibility index (Phi) is 1.27. The van der Waals surface area contributed by atoms with Crippen LogP contribution >= 0.6 is 15.9 Å². The fraction of sp³-hybridized carbons (Fsp3) is 0.500. The van der Waals surface area contributed by atoms with E-state index in [2.05, 4.69) is 15.9 Å². The highest BCUT2D eigenvalue weighted by atomic mass is 79.9. The average molecular weight is 149 g/mol. The van der Waals surface area contributed by atoms with Gasteiger partial charge < -0.3 is 4.74 Å². The van der Waals surface area contributed by atoms with E-state index in [1.807, 2.05) is 6.08 Å². The Bertz CT molecular complexity index is 77.6. The Morgan fingerprint density at radius 1 is 1.83 bits per heavy atom. The van der Waals surface area contributed by atoms with Crippen LogP contribution in [0.3, 0.4) is 0 Å². The molecular weight excluding hydrogens is 144 g/mol. The Labute approximate surface area is 45.1 Å². The molecule has 0 radical (unpaired) electrons. The molecule has 0 N–H and O–H groups in total. The van der Waals surface area contributed by atoms with Crippen molar-refractivity contribution in [3.05, 3.63) is 10.6 Å². The van der Waals surface area contributed by atoms with Crippen molar-refractivity contribution in [1.29, 1.82) is 0 Å². The first-order chi connectivity index (χ1) is 2.89. The minimum atomic E-state index is 0.764. The predicted octanol–water partition coefficient (Wildman–Crippen LogP) is 1.30. The molecule has 0 aliphatic carbocycles. The lowest BCUT2D eigenvalue weighted by Crippen LogP contribution is -1.79. The second kappa shape index (κ2) is 1.76. The summed E-state index contributed by atoms with van der Waals surface area (Å²) in [6, 6.07) is 0. The van der Waals surface area contributed by atoms with Gasteiger partial charge in [0.1, 0.15) is 0 Å². The van der Waals surface area contributed by atoms with Crippen LogP contribution in [0.4, 0.5) is 0 Å². The van der Waals surface area contributed by atoms with Crippen molar-refractivity contribution in [2.24, 2.45) is 0 Å². The highest BCUT2D eigenvalue weighted by Gasteiger charge is 1.96. The van der Waals surface area contributed by atoms with Crippen molar-refractivity contribution in [1.82, 2.24) is 0 Å². The van der Waals surface area contributed by atoms with Gasteiger partial charge in [-0.15, -0.1) is 0 Å². The van der Waals surface area contributed by atoms with Crippen molar-refractivity contribution in [2.75, 3.05) is 13.2 Å². The molecule has 0 saturated heterocycles. The molecule has 1 aliphatic rings. The van der Waals surface area contributed by atoms with Gasteiger partial charge in [-0.3, -0.25) is 0 Å². The normalized spacial score (nSPS) is 21.2. The van der Waals surface area contributed by atoms with Crippen LogP contribution in [0.5, 0.6) is 0 Å². The van der Waals surface area contributed by atoms with Crippen LogP contribution in [0.2, 0.25) is 0 Å². The summed E-state index contributed by atoms with van der Waals surface area (Å²) in [4.78, 5) is 0. The minimum absolute atomic E-state index is 0.764. The molecule has 0 atom stereocenters. The summed E-state index contributed by atoms with van der Waals surface area (Å²) in [5, 5.41) is 0. The molecular formula is C4H5BrO. The van der Waals surface area contributed by atoms with Crippen LogP contribution in [0, 0.1) is 0 Å². The van der Waals surface area contributed by atoms with Crippen LogP contribution in [0.1, 0.15) is 0 Å². The van der Waals surface area contributed by atoms with E-state index in [9.17, 15) is 0 Å². The topological polar surface area (TPSA) is 9.23 Å². The molecule has 1 nitrogen and oxygen atoms in total. The molecule has 0 saturated carbocycles. The second-order valence-corrected chi connectivity index (χ2v) is 2.18. The molecule has 1 rings (SSSR count). The quantitative estimate of drug-likeness (QED) is 0.504. The Morgan fingerprint density at radius 3 is 2.83 bits per heavy atom. The summed E-state index contributed by atoms with van der Waals surface area (Å²) in [5.41, 5.74) is 0. The molecule has 1 aliphatic heterocycles. The van der Waals surface area contributed by atoms with Crippen LogP contribution < -0.4 is 0 Å². The van der Waals surface area contributed by atoms with Crippen LogP contribution in [-0.2, 0) is 4.74 Å². The molecule has 2 heteroatoms. The third kappa shape index (κ3) is 0.820. The van der Waals surface area contributed by atoms with E-state index in [1.54, 1.807) is 0 Å². The molecule has 0 aromatic heterocycles. The lowest BCUT2D eigenvalue weighted by Gasteiger charge is -1.81. The zero-order chi connectivity index (χ0) is 4.41. The van der Waals surface area contributed by atoms with Crippen molar-refractivity contribution in [3.8, 4) is 0 Å². The van der Waals surface area contributed by atoms with E-state index in [0.717, 1.165) is 13.2 Å². The fourth-order valence-electron chi connectivity index (χ4n) is 0.365. The predicted molar refractivity (Wildman–Crippen MR) is 27.8 cm³/mol. The highest BCUT2D eigenvalue weighted by molar-refractivity contribution is 9.11. The summed E-state index contributed by atoms with van der Waals surface area (Å²) in [5.74, 6) is 0. The van der Waals surface area contributed by atoms with E-state index in [4.69, 9.17) is 4.74 Å². The summed E-state index contributed by atoms with van der Waals surface area (Å²) in [6.45, 7) is 1.54. The van der Waals surface area contributed by atoms with Gasteiger partial charge in [-0.2, -0.15) is 0 Å². The first kappa shape index (κ1) is 4.34. The number of ether oxygens (including phenoxy) is 1. The van der Waals surface area contributed by atoms with Gasteiger partial charge in [0.15, 0.2) is 0 Å². The molecule has 0 aromatic rings.